The van der Waals surface area contributed by atoms with Crippen LogP contribution in [0.2, 0.25) is 5.02 Å². The molecule has 31 heavy (non-hydrogen) atoms. The molecule has 5 nitrogen and oxygen atoms in total. The van der Waals surface area contributed by atoms with Crippen LogP contribution in [0.25, 0.3) is 5.13 Å². The zero-order valence-electron chi connectivity index (χ0n) is 17.9. The van der Waals surface area contributed by atoms with E-state index in [4.69, 9.17) is 16.7 Å². The molecule has 0 spiro atoms. The number of rotatable bonds is 5. The van der Waals surface area contributed by atoms with Crippen molar-refractivity contribution in [2.45, 2.75) is 34.1 Å². The predicted octanol–water partition coefficient (Wildman–Crippen LogP) is 6.06. The first-order valence-corrected chi connectivity index (χ1v) is 11.2. The van der Waals surface area contributed by atoms with Crippen molar-refractivity contribution < 1.29 is 4.79 Å². The van der Waals surface area contributed by atoms with E-state index in [1.807, 2.05) is 62.7 Å². The Kier molecular flexibility index (Phi) is 5.94. The van der Waals surface area contributed by atoms with Gasteiger partial charge >= 0.3 is 0 Å². The molecular weight excluding hydrogens is 428 g/mol. The molecular formula is C24H23ClN4OS. The minimum Gasteiger partial charge on any atom is -0.321 e. The summed E-state index contributed by atoms with van der Waals surface area (Å²) in [5.41, 5.74) is 6.63. The second-order valence-corrected chi connectivity index (χ2v) is 8.89. The fourth-order valence-corrected chi connectivity index (χ4v) is 4.66. The lowest BCUT2D eigenvalue weighted by Crippen LogP contribution is -2.12. The zero-order valence-corrected chi connectivity index (χ0v) is 19.4. The van der Waals surface area contributed by atoms with Gasteiger partial charge in [0.15, 0.2) is 0 Å². The lowest BCUT2D eigenvalue weighted by molar-refractivity contribution is 0.102. The largest absolute Gasteiger partial charge is 0.321 e. The van der Waals surface area contributed by atoms with Gasteiger partial charge in [-0.1, -0.05) is 59.3 Å². The Morgan fingerprint density at radius 1 is 1.03 bits per heavy atom. The van der Waals surface area contributed by atoms with Crippen molar-refractivity contribution in [3.63, 3.8) is 0 Å². The maximum atomic E-state index is 12.9. The van der Waals surface area contributed by atoms with E-state index < -0.39 is 0 Å². The lowest BCUT2D eigenvalue weighted by atomic mass is 10.0. The summed E-state index contributed by atoms with van der Waals surface area (Å²) in [6.07, 6.45) is 0.810. The third kappa shape index (κ3) is 4.27. The molecule has 0 atom stereocenters. The van der Waals surface area contributed by atoms with Crippen molar-refractivity contribution in [2.24, 2.45) is 0 Å². The van der Waals surface area contributed by atoms with Gasteiger partial charge in [-0.05, 0) is 51.0 Å². The molecule has 0 radical (unpaired) electrons. The van der Waals surface area contributed by atoms with Crippen LogP contribution in [-0.2, 0) is 6.42 Å². The van der Waals surface area contributed by atoms with Crippen molar-refractivity contribution in [2.75, 3.05) is 5.32 Å². The number of hydrogen-bond donors (Lipinski definition) is 1. The average Bonchev–Trinajstić information content (AvgIpc) is 3.27. The van der Waals surface area contributed by atoms with Gasteiger partial charge in [-0.3, -0.25) is 4.79 Å². The second-order valence-electron chi connectivity index (χ2n) is 7.50. The third-order valence-corrected chi connectivity index (χ3v) is 6.89. The Morgan fingerprint density at radius 3 is 2.52 bits per heavy atom. The number of thiazole rings is 1. The molecule has 2 aromatic heterocycles. The molecule has 4 aromatic rings. The smallest absolute Gasteiger partial charge is 0.267 e. The molecule has 7 heteroatoms. The van der Waals surface area contributed by atoms with Gasteiger partial charge < -0.3 is 5.32 Å². The van der Waals surface area contributed by atoms with E-state index >= 15 is 0 Å². The van der Waals surface area contributed by atoms with Crippen LogP contribution in [0.1, 0.15) is 43.4 Å². The molecule has 0 saturated heterocycles. The van der Waals surface area contributed by atoms with Crippen molar-refractivity contribution in [1.82, 2.24) is 14.8 Å². The number of amides is 1. The van der Waals surface area contributed by atoms with E-state index in [9.17, 15) is 4.79 Å². The second kappa shape index (κ2) is 8.65. The van der Waals surface area contributed by atoms with Gasteiger partial charge in [0.2, 0.25) is 5.13 Å². The molecule has 0 aliphatic carbocycles. The summed E-state index contributed by atoms with van der Waals surface area (Å²) < 4.78 is 1.84. The summed E-state index contributed by atoms with van der Waals surface area (Å²) in [4.78, 5) is 18.1. The van der Waals surface area contributed by atoms with Gasteiger partial charge in [0.05, 0.1) is 11.4 Å². The van der Waals surface area contributed by atoms with Crippen molar-refractivity contribution >= 4 is 34.5 Å². The number of carbonyl (C=O) groups excluding carboxylic acids is 1. The highest BCUT2D eigenvalue weighted by Crippen LogP contribution is 2.28. The normalized spacial score (nSPS) is 11.0. The topological polar surface area (TPSA) is 59.8 Å². The summed E-state index contributed by atoms with van der Waals surface area (Å²) in [6, 6.07) is 15.8. The standard InChI is InChI=1S/C24H23ClN4OS/c1-14-20(25)11-8-12-21(14)27-23(30)22-16(3)26-24(31-22)29-17(4)19(15(2)28-29)13-18-9-6-5-7-10-18/h5-12H,13H2,1-4H3,(H,27,30). The van der Waals surface area contributed by atoms with E-state index in [-0.39, 0.29) is 5.91 Å². The molecule has 1 N–H and O–H groups in total. The lowest BCUT2D eigenvalue weighted by Gasteiger charge is -2.08. The van der Waals surface area contributed by atoms with Crippen LogP contribution in [-0.4, -0.2) is 20.7 Å². The van der Waals surface area contributed by atoms with Crippen LogP contribution in [0.3, 0.4) is 0 Å². The molecule has 0 aliphatic rings. The van der Waals surface area contributed by atoms with E-state index in [0.717, 1.165) is 23.4 Å². The van der Waals surface area contributed by atoms with Gasteiger partial charge in [0.1, 0.15) is 4.88 Å². The first-order chi connectivity index (χ1) is 14.8. The number of anilines is 1. The summed E-state index contributed by atoms with van der Waals surface area (Å²) in [5.74, 6) is -0.197. The monoisotopic (exact) mass is 450 g/mol. The van der Waals surface area contributed by atoms with Crippen molar-refractivity contribution in [3.05, 3.63) is 92.2 Å². The number of nitrogens with zero attached hydrogens (tertiary/aromatic N) is 3. The van der Waals surface area contributed by atoms with Gasteiger partial charge in [-0.15, -0.1) is 0 Å². The predicted molar refractivity (Wildman–Crippen MR) is 127 cm³/mol. The Balaban J connectivity index is 1.62. The SMILES string of the molecule is Cc1nc(-n2nc(C)c(Cc3ccccc3)c2C)sc1C(=O)Nc1cccc(Cl)c1C. The first-order valence-electron chi connectivity index (χ1n) is 9.98. The van der Waals surface area contributed by atoms with Gasteiger partial charge in [0.25, 0.3) is 5.91 Å². The number of aromatic nitrogens is 3. The fraction of sp³-hybridized carbons (Fsp3) is 0.208. The Labute approximate surface area is 190 Å². The molecule has 1 amide bonds. The number of carbonyl (C=O) groups is 1. The number of halogens is 1. The Morgan fingerprint density at radius 2 is 1.77 bits per heavy atom. The van der Waals surface area contributed by atoms with Gasteiger partial charge in [0, 0.05) is 28.4 Å². The molecule has 0 bridgehead atoms. The zero-order chi connectivity index (χ0) is 22.1. The number of nitrogens with one attached hydrogen (secondary N) is 1. The molecule has 0 fully saturated rings. The Hall–Kier alpha value is -2.96. The van der Waals surface area contributed by atoms with Gasteiger partial charge in [-0.25, -0.2) is 9.67 Å². The molecule has 158 valence electrons. The van der Waals surface area contributed by atoms with E-state index in [1.54, 1.807) is 6.07 Å². The molecule has 4 rings (SSSR count). The highest BCUT2D eigenvalue weighted by atomic mass is 35.5. The summed E-state index contributed by atoms with van der Waals surface area (Å²) in [5, 5.41) is 8.97. The minimum atomic E-state index is -0.197. The number of hydrogen-bond acceptors (Lipinski definition) is 4. The third-order valence-electron chi connectivity index (χ3n) is 5.35. The molecule has 2 heterocycles. The molecule has 2 aromatic carbocycles. The molecule has 0 aliphatic heterocycles. The average molecular weight is 451 g/mol. The van der Waals surface area contributed by atoms with Crippen molar-refractivity contribution in [1.29, 1.82) is 0 Å². The fourth-order valence-electron chi connectivity index (χ4n) is 3.52. The molecule has 0 unspecified atom stereocenters. The maximum Gasteiger partial charge on any atom is 0.267 e. The highest BCUT2D eigenvalue weighted by Gasteiger charge is 2.21. The van der Waals surface area contributed by atoms with Crippen LogP contribution in [0.5, 0.6) is 0 Å². The van der Waals surface area contributed by atoms with Gasteiger partial charge in [-0.2, -0.15) is 5.10 Å². The van der Waals surface area contributed by atoms with Crippen LogP contribution in [0, 0.1) is 27.7 Å². The minimum absolute atomic E-state index is 0.197. The first kappa shape index (κ1) is 21.3. The summed E-state index contributed by atoms with van der Waals surface area (Å²) >= 11 is 7.52. The van der Waals surface area contributed by atoms with Crippen LogP contribution in [0.15, 0.2) is 48.5 Å². The molecule has 0 saturated carbocycles. The van der Waals surface area contributed by atoms with E-state index in [1.165, 1.54) is 22.5 Å². The summed E-state index contributed by atoms with van der Waals surface area (Å²) in [7, 11) is 0. The van der Waals surface area contributed by atoms with Crippen LogP contribution < -0.4 is 5.32 Å². The van der Waals surface area contributed by atoms with Crippen LogP contribution in [0.4, 0.5) is 5.69 Å². The van der Waals surface area contributed by atoms with Crippen LogP contribution >= 0.6 is 22.9 Å². The maximum absolute atomic E-state index is 12.9. The number of aryl methyl sites for hydroxylation is 2. The quantitative estimate of drug-likeness (QED) is 0.402. The number of benzene rings is 2. The van der Waals surface area contributed by atoms with E-state index in [0.29, 0.717) is 26.4 Å². The Bertz CT molecular complexity index is 1260. The van der Waals surface area contributed by atoms with Crippen molar-refractivity contribution in [3.8, 4) is 5.13 Å². The summed E-state index contributed by atoms with van der Waals surface area (Å²) in [6.45, 7) is 7.78. The van der Waals surface area contributed by atoms with E-state index in [2.05, 4.69) is 22.4 Å². The highest BCUT2D eigenvalue weighted by molar-refractivity contribution is 7.16.